The summed E-state index contributed by atoms with van der Waals surface area (Å²) in [5.41, 5.74) is -5.34. The Hall–Kier alpha value is -2.65. The molecule has 1 unspecified atom stereocenters. The van der Waals surface area contributed by atoms with Gasteiger partial charge in [0.25, 0.3) is 11.5 Å². The normalized spacial score (nSPS) is 17.4. The third-order valence-electron chi connectivity index (χ3n) is 4.58. The van der Waals surface area contributed by atoms with Crippen LogP contribution < -0.4 is 11.2 Å². The highest BCUT2D eigenvalue weighted by Gasteiger charge is 2.38. The lowest BCUT2D eigenvalue weighted by Crippen LogP contribution is -2.41. The first kappa shape index (κ1) is 26.9. The van der Waals surface area contributed by atoms with E-state index in [-0.39, 0.29) is 37.7 Å². The molecule has 16 heteroatoms. The lowest BCUT2D eigenvalue weighted by Gasteiger charge is -2.16. The number of rotatable bonds is 5. The molecular weight excluding hydrogens is 588 g/mol. The predicted octanol–water partition coefficient (Wildman–Crippen LogP) is 3.19. The van der Waals surface area contributed by atoms with Crippen LogP contribution in [0.5, 0.6) is 0 Å². The van der Waals surface area contributed by atoms with Gasteiger partial charge in [0.15, 0.2) is 5.17 Å². The van der Waals surface area contributed by atoms with Crippen LogP contribution in [0.2, 0.25) is 5.02 Å². The molecule has 0 N–H and O–H groups in total. The van der Waals surface area contributed by atoms with Crippen molar-refractivity contribution in [1.29, 1.82) is 0 Å². The number of benzene rings is 1. The summed E-state index contributed by atoms with van der Waals surface area (Å²) >= 11 is 10.1. The van der Waals surface area contributed by atoms with E-state index in [9.17, 15) is 36.7 Å². The van der Waals surface area contributed by atoms with Crippen LogP contribution in [0.15, 0.2) is 32.8 Å². The van der Waals surface area contributed by atoms with Crippen molar-refractivity contribution in [2.75, 3.05) is 13.2 Å². The summed E-state index contributed by atoms with van der Waals surface area (Å²) in [7, 11) is 0.778. The van der Waals surface area contributed by atoms with Crippen molar-refractivity contribution < 1.29 is 31.9 Å². The number of aromatic nitrogens is 2. The van der Waals surface area contributed by atoms with Gasteiger partial charge in [-0.15, -0.1) is 0 Å². The number of carbonyl (C=O) groups excluding carboxylic acids is 2. The van der Waals surface area contributed by atoms with Crippen LogP contribution in [-0.4, -0.2) is 48.4 Å². The van der Waals surface area contributed by atoms with Crippen molar-refractivity contribution in [2.24, 2.45) is 12.0 Å². The molecule has 1 aliphatic heterocycles. The maximum Gasteiger partial charge on any atom is 0.431 e. The predicted molar refractivity (Wildman–Crippen MR) is 123 cm³/mol. The number of amidine groups is 1. The SMILES string of the molecule is CCOC(=O)CN1C(=O)C(Br)SC1=Nc1cc(-n2c(=O)cc(C(F)(F)F)n(C)c2=O)c(F)cc1Cl. The fraction of sp³-hybridized carbons (Fsp3) is 0.316. The average Bonchev–Trinajstić information content (AvgIpc) is 3.00. The monoisotopic (exact) mass is 600 g/mol. The third-order valence-corrected chi connectivity index (χ3v) is 6.76. The summed E-state index contributed by atoms with van der Waals surface area (Å²) in [6.45, 7) is 1.17. The van der Waals surface area contributed by atoms with Crippen LogP contribution in [0.25, 0.3) is 5.69 Å². The number of alkyl halides is 4. The molecule has 0 radical (unpaired) electrons. The Morgan fingerprint density at radius 1 is 1.26 bits per heavy atom. The van der Waals surface area contributed by atoms with Crippen molar-refractivity contribution in [2.45, 2.75) is 17.3 Å². The lowest BCUT2D eigenvalue weighted by molar-refractivity contribution is -0.146. The van der Waals surface area contributed by atoms with Gasteiger partial charge in [-0.05, 0) is 19.1 Å². The summed E-state index contributed by atoms with van der Waals surface area (Å²) in [5, 5.41) is -0.324. The number of ether oxygens (including phenoxy) is 1. The molecule has 9 nitrogen and oxygen atoms in total. The van der Waals surface area contributed by atoms with Crippen molar-refractivity contribution in [1.82, 2.24) is 14.0 Å². The van der Waals surface area contributed by atoms with E-state index < -0.39 is 57.2 Å². The fourth-order valence-corrected chi connectivity index (χ4v) is 4.78. The Kier molecular flexibility index (Phi) is 7.81. The van der Waals surface area contributed by atoms with Gasteiger partial charge < -0.3 is 4.74 Å². The molecule has 1 fully saturated rings. The van der Waals surface area contributed by atoms with Gasteiger partial charge in [0.05, 0.1) is 23.0 Å². The minimum Gasteiger partial charge on any atom is -0.465 e. The molecule has 35 heavy (non-hydrogen) atoms. The molecule has 1 atom stereocenters. The number of halogens is 6. The van der Waals surface area contributed by atoms with E-state index in [1.807, 2.05) is 0 Å². The molecule has 1 aromatic heterocycles. The van der Waals surface area contributed by atoms with Gasteiger partial charge in [0.2, 0.25) is 0 Å². The smallest absolute Gasteiger partial charge is 0.431 e. The zero-order valence-corrected chi connectivity index (χ0v) is 20.9. The molecule has 3 rings (SSSR count). The molecule has 1 aromatic carbocycles. The summed E-state index contributed by atoms with van der Waals surface area (Å²) in [6, 6.07) is 1.74. The molecule has 1 aliphatic rings. The maximum absolute atomic E-state index is 14.7. The zero-order chi connectivity index (χ0) is 26.2. The molecule has 188 valence electrons. The standard InChI is InChI=1S/C19H14BrClF4N4O5S/c1-3-34-14(31)7-28-16(32)15(20)35-17(28)26-10-5-11(9(22)4-8(10)21)29-13(30)6-12(19(23,24)25)27(2)18(29)33/h4-6,15H,3,7H2,1-2H3. The van der Waals surface area contributed by atoms with E-state index in [4.69, 9.17) is 16.3 Å². The van der Waals surface area contributed by atoms with Crippen LogP contribution in [-0.2, 0) is 27.5 Å². The molecule has 2 aromatic rings. The highest BCUT2D eigenvalue weighted by molar-refractivity contribution is 9.12. The van der Waals surface area contributed by atoms with E-state index in [1.54, 1.807) is 6.92 Å². The van der Waals surface area contributed by atoms with Gasteiger partial charge in [0.1, 0.15) is 22.2 Å². The Morgan fingerprint density at radius 3 is 2.51 bits per heavy atom. The van der Waals surface area contributed by atoms with Gasteiger partial charge in [-0.1, -0.05) is 39.3 Å². The average molecular weight is 602 g/mol. The van der Waals surface area contributed by atoms with E-state index in [1.165, 1.54) is 0 Å². The minimum absolute atomic E-state index is 0.0305. The van der Waals surface area contributed by atoms with Crippen molar-refractivity contribution in [3.05, 3.63) is 55.6 Å². The second-order valence-corrected chi connectivity index (χ2v) is 9.86. The van der Waals surface area contributed by atoms with Crippen LogP contribution in [0.1, 0.15) is 12.6 Å². The Bertz CT molecular complexity index is 1360. The molecule has 0 spiro atoms. The molecule has 0 aliphatic carbocycles. The van der Waals surface area contributed by atoms with Gasteiger partial charge >= 0.3 is 17.8 Å². The first-order chi connectivity index (χ1) is 16.3. The highest BCUT2D eigenvalue weighted by Crippen LogP contribution is 2.36. The number of thioether (sulfide) groups is 1. The van der Waals surface area contributed by atoms with Crippen LogP contribution in [0, 0.1) is 5.82 Å². The quantitative estimate of drug-likeness (QED) is 0.296. The number of esters is 1. The van der Waals surface area contributed by atoms with E-state index in [0.717, 1.165) is 29.8 Å². The molecule has 1 amide bonds. The van der Waals surface area contributed by atoms with Crippen LogP contribution in [0.3, 0.4) is 0 Å². The Balaban J connectivity index is 2.15. The van der Waals surface area contributed by atoms with Crippen LogP contribution in [0.4, 0.5) is 23.2 Å². The molecule has 0 saturated carbocycles. The topological polar surface area (TPSA) is 103 Å². The summed E-state index contributed by atoms with van der Waals surface area (Å²) in [6.07, 6.45) is -5.00. The molecular formula is C19H14BrClF4N4O5S. The zero-order valence-electron chi connectivity index (χ0n) is 17.7. The number of hydrogen-bond donors (Lipinski definition) is 0. The maximum atomic E-state index is 14.7. The fourth-order valence-electron chi connectivity index (χ4n) is 3.00. The van der Waals surface area contributed by atoms with Gasteiger partial charge in [-0.3, -0.25) is 23.9 Å². The first-order valence-electron chi connectivity index (χ1n) is 9.52. The molecule has 1 saturated heterocycles. The largest absolute Gasteiger partial charge is 0.465 e. The summed E-state index contributed by atoms with van der Waals surface area (Å²) < 4.78 is 58.4. The van der Waals surface area contributed by atoms with Gasteiger partial charge in [-0.2, -0.15) is 13.2 Å². The number of hydrogen-bond acceptors (Lipinski definition) is 7. The van der Waals surface area contributed by atoms with Gasteiger partial charge in [0, 0.05) is 13.1 Å². The highest BCUT2D eigenvalue weighted by atomic mass is 79.9. The van der Waals surface area contributed by atoms with E-state index >= 15 is 0 Å². The van der Waals surface area contributed by atoms with Crippen molar-refractivity contribution in [3.63, 3.8) is 0 Å². The third kappa shape index (κ3) is 5.46. The minimum atomic E-state index is -5.00. The first-order valence-corrected chi connectivity index (χ1v) is 11.7. The second kappa shape index (κ2) is 10.1. The second-order valence-electron chi connectivity index (χ2n) is 6.86. The molecule has 2 heterocycles. The number of aliphatic imine (C=N–C) groups is 1. The lowest BCUT2D eigenvalue weighted by atomic mass is 10.2. The van der Waals surface area contributed by atoms with Crippen LogP contribution >= 0.6 is 39.3 Å². The van der Waals surface area contributed by atoms with Gasteiger partial charge in [-0.25, -0.2) is 18.7 Å². The van der Waals surface area contributed by atoms with E-state index in [2.05, 4.69) is 20.9 Å². The number of amides is 1. The Morgan fingerprint density at radius 2 is 1.91 bits per heavy atom. The summed E-state index contributed by atoms with van der Waals surface area (Å²) in [5.74, 6) is -2.44. The summed E-state index contributed by atoms with van der Waals surface area (Å²) in [4.78, 5) is 54.4. The Labute approximate surface area is 211 Å². The number of nitrogens with zero attached hydrogens (tertiary/aromatic N) is 4. The van der Waals surface area contributed by atoms with Crippen molar-refractivity contribution >= 4 is 62.0 Å². The molecule has 0 bridgehead atoms. The number of carbonyl (C=O) groups is 2. The van der Waals surface area contributed by atoms with E-state index in [0.29, 0.717) is 6.07 Å². The van der Waals surface area contributed by atoms with Crippen molar-refractivity contribution in [3.8, 4) is 5.69 Å².